The van der Waals surface area contributed by atoms with Crippen molar-refractivity contribution in [3.63, 3.8) is 0 Å². The first kappa shape index (κ1) is 33.3. The average Bonchev–Trinajstić information content (AvgIpc) is 2.94. The number of hydrogen-bond acceptors (Lipinski definition) is 6. The van der Waals surface area contributed by atoms with E-state index in [1.807, 2.05) is 37.3 Å². The molecule has 39 heavy (non-hydrogen) atoms. The molecule has 222 valence electrons. The fourth-order valence-electron chi connectivity index (χ4n) is 4.68. The van der Waals surface area contributed by atoms with Crippen LogP contribution >= 0.6 is 0 Å². The second kappa shape index (κ2) is 19.3. The van der Waals surface area contributed by atoms with Gasteiger partial charge in [-0.1, -0.05) is 78.4 Å². The molecule has 0 spiro atoms. The molecule has 0 aliphatic heterocycles. The van der Waals surface area contributed by atoms with Crippen LogP contribution in [0.4, 0.5) is 0 Å². The minimum atomic E-state index is -0.686. The highest BCUT2D eigenvalue weighted by molar-refractivity contribution is 5.90. The van der Waals surface area contributed by atoms with Crippen LogP contribution in [0.1, 0.15) is 84.6 Å². The van der Waals surface area contributed by atoms with Crippen molar-refractivity contribution in [2.75, 3.05) is 39.6 Å². The Balaban J connectivity index is 1.83. The van der Waals surface area contributed by atoms with Gasteiger partial charge in [0.25, 0.3) is 0 Å². The maximum absolute atomic E-state index is 10.4. The predicted molar refractivity (Wildman–Crippen MR) is 160 cm³/mol. The average molecular weight is 547 g/mol. The van der Waals surface area contributed by atoms with E-state index in [1.165, 1.54) is 38.5 Å². The van der Waals surface area contributed by atoms with Crippen molar-refractivity contribution in [2.24, 2.45) is 11.8 Å². The first-order chi connectivity index (χ1) is 18.9. The Kier molecular flexibility index (Phi) is 16.5. The van der Waals surface area contributed by atoms with Gasteiger partial charge in [-0.25, -0.2) is 0 Å². The standard InChI is InChI=1S/C33H54O6/c1-6-10-12-26(8-3)19-36-21-29(34)23-38-31-16-17-32-28(18-31)15-14-25(5)33(32)39-24-30(35)22-37-20-27(9-4)13-11-7-2/h14-18,26-27,29-30,34-35H,6-13,19-24H2,1-5H3. The summed E-state index contributed by atoms with van der Waals surface area (Å²) in [5.41, 5.74) is 1.01. The summed E-state index contributed by atoms with van der Waals surface area (Å²) in [7, 11) is 0. The Morgan fingerprint density at radius 2 is 1.23 bits per heavy atom. The van der Waals surface area contributed by atoms with E-state index >= 15 is 0 Å². The topological polar surface area (TPSA) is 77.4 Å². The fourth-order valence-corrected chi connectivity index (χ4v) is 4.68. The maximum Gasteiger partial charge on any atom is 0.130 e. The van der Waals surface area contributed by atoms with Crippen molar-refractivity contribution in [3.05, 3.63) is 35.9 Å². The van der Waals surface area contributed by atoms with Gasteiger partial charge in [0, 0.05) is 18.6 Å². The molecule has 6 nitrogen and oxygen atoms in total. The van der Waals surface area contributed by atoms with Gasteiger partial charge in [0.2, 0.25) is 0 Å². The SMILES string of the molecule is CCCCC(CC)COCC(O)COc1ccc2c(OCC(O)COCC(CC)CCCC)c(C)ccc2c1. The molecule has 2 rings (SSSR count). The normalized spacial score (nSPS) is 14.7. The van der Waals surface area contributed by atoms with Gasteiger partial charge in [0.1, 0.15) is 36.9 Å². The van der Waals surface area contributed by atoms with E-state index in [0.717, 1.165) is 34.9 Å². The van der Waals surface area contributed by atoms with Crippen molar-refractivity contribution in [2.45, 2.75) is 98.2 Å². The van der Waals surface area contributed by atoms with Gasteiger partial charge in [0.05, 0.1) is 13.2 Å². The molecular formula is C33H54O6. The lowest BCUT2D eigenvalue weighted by molar-refractivity contribution is -0.00112. The van der Waals surface area contributed by atoms with E-state index in [0.29, 0.717) is 30.8 Å². The highest BCUT2D eigenvalue weighted by Gasteiger charge is 2.14. The summed E-state index contributed by atoms with van der Waals surface area (Å²) in [6.45, 7) is 13.1. The minimum Gasteiger partial charge on any atom is -0.491 e. The second-order valence-electron chi connectivity index (χ2n) is 10.9. The number of ether oxygens (including phenoxy) is 4. The molecule has 0 aromatic heterocycles. The monoisotopic (exact) mass is 546 g/mol. The zero-order chi connectivity index (χ0) is 28.5. The molecule has 2 aromatic carbocycles. The third-order valence-electron chi connectivity index (χ3n) is 7.42. The molecule has 0 heterocycles. The van der Waals surface area contributed by atoms with Gasteiger partial charge in [-0.15, -0.1) is 0 Å². The number of aliphatic hydroxyl groups excluding tert-OH is 2. The quantitative estimate of drug-likeness (QED) is 0.164. The van der Waals surface area contributed by atoms with Gasteiger partial charge in [-0.2, -0.15) is 0 Å². The molecule has 0 saturated carbocycles. The van der Waals surface area contributed by atoms with E-state index in [1.54, 1.807) is 0 Å². The highest BCUT2D eigenvalue weighted by atomic mass is 16.5. The van der Waals surface area contributed by atoms with Crippen LogP contribution in [0.25, 0.3) is 10.8 Å². The molecule has 0 radical (unpaired) electrons. The molecule has 6 heteroatoms. The molecule has 0 aliphatic rings. The minimum absolute atomic E-state index is 0.174. The first-order valence-electron chi connectivity index (χ1n) is 15.2. The lowest BCUT2D eigenvalue weighted by Gasteiger charge is -2.19. The zero-order valence-corrected chi connectivity index (χ0v) is 25.1. The van der Waals surface area contributed by atoms with E-state index < -0.39 is 12.2 Å². The summed E-state index contributed by atoms with van der Waals surface area (Å²) in [5.74, 6) is 2.55. The summed E-state index contributed by atoms with van der Waals surface area (Å²) in [6, 6.07) is 9.85. The molecule has 2 N–H and O–H groups in total. The molecule has 0 bridgehead atoms. The van der Waals surface area contributed by atoms with E-state index in [-0.39, 0.29) is 26.4 Å². The summed E-state index contributed by atoms with van der Waals surface area (Å²) < 4.78 is 23.5. The van der Waals surface area contributed by atoms with Crippen molar-refractivity contribution < 1.29 is 29.2 Å². The predicted octanol–water partition coefficient (Wildman–Crippen LogP) is 7.09. The molecule has 0 saturated heterocycles. The third-order valence-corrected chi connectivity index (χ3v) is 7.42. The Hall–Kier alpha value is -1.86. The summed E-state index contributed by atoms with van der Waals surface area (Å²) >= 11 is 0. The summed E-state index contributed by atoms with van der Waals surface area (Å²) in [4.78, 5) is 0. The van der Waals surface area contributed by atoms with Crippen LogP contribution in [-0.4, -0.2) is 62.1 Å². The van der Waals surface area contributed by atoms with Gasteiger partial charge >= 0.3 is 0 Å². The van der Waals surface area contributed by atoms with Crippen LogP contribution in [0.15, 0.2) is 30.3 Å². The number of aryl methyl sites for hydroxylation is 1. The summed E-state index contributed by atoms with van der Waals surface area (Å²) in [6.07, 6.45) is 8.00. The molecule has 0 aliphatic carbocycles. The maximum atomic E-state index is 10.4. The lowest BCUT2D eigenvalue weighted by Crippen LogP contribution is -2.25. The molecular weight excluding hydrogens is 492 g/mol. The number of fused-ring (bicyclic) bond motifs is 1. The van der Waals surface area contributed by atoms with Gasteiger partial charge in [0.15, 0.2) is 0 Å². The van der Waals surface area contributed by atoms with Crippen LogP contribution in [0.5, 0.6) is 11.5 Å². The molecule has 0 fully saturated rings. The van der Waals surface area contributed by atoms with Crippen LogP contribution in [0.3, 0.4) is 0 Å². The molecule has 4 unspecified atom stereocenters. The van der Waals surface area contributed by atoms with Crippen molar-refractivity contribution in [1.82, 2.24) is 0 Å². The van der Waals surface area contributed by atoms with Gasteiger partial charge in [-0.05, 0) is 60.7 Å². The zero-order valence-electron chi connectivity index (χ0n) is 25.1. The van der Waals surface area contributed by atoms with Gasteiger partial charge < -0.3 is 29.2 Å². The first-order valence-corrected chi connectivity index (χ1v) is 15.2. The number of rotatable bonds is 22. The second-order valence-corrected chi connectivity index (χ2v) is 10.9. The largest absolute Gasteiger partial charge is 0.491 e. The molecule has 4 atom stereocenters. The number of benzene rings is 2. The summed E-state index contributed by atoms with van der Waals surface area (Å²) in [5, 5.41) is 22.7. The van der Waals surface area contributed by atoms with E-state index in [2.05, 4.69) is 27.7 Å². The van der Waals surface area contributed by atoms with Gasteiger partial charge in [-0.3, -0.25) is 0 Å². The highest BCUT2D eigenvalue weighted by Crippen LogP contribution is 2.32. The smallest absolute Gasteiger partial charge is 0.130 e. The number of aliphatic hydroxyl groups is 2. The van der Waals surface area contributed by atoms with Crippen LogP contribution in [-0.2, 0) is 9.47 Å². The lowest BCUT2D eigenvalue weighted by atomic mass is 10.0. The Morgan fingerprint density at radius 1 is 0.667 bits per heavy atom. The van der Waals surface area contributed by atoms with Crippen LogP contribution in [0.2, 0.25) is 0 Å². The molecule has 0 amide bonds. The van der Waals surface area contributed by atoms with E-state index in [4.69, 9.17) is 18.9 Å². The Morgan fingerprint density at radius 3 is 1.77 bits per heavy atom. The van der Waals surface area contributed by atoms with E-state index in [9.17, 15) is 10.2 Å². The fraction of sp³-hybridized carbons (Fsp3) is 0.697. The molecule has 2 aromatic rings. The Bertz CT molecular complexity index is 916. The van der Waals surface area contributed by atoms with Crippen molar-refractivity contribution in [3.8, 4) is 11.5 Å². The number of unbranched alkanes of at least 4 members (excludes halogenated alkanes) is 2. The van der Waals surface area contributed by atoms with Crippen LogP contribution < -0.4 is 9.47 Å². The third kappa shape index (κ3) is 12.5. The van der Waals surface area contributed by atoms with Crippen molar-refractivity contribution >= 4 is 10.8 Å². The number of hydrogen-bond donors (Lipinski definition) is 2. The van der Waals surface area contributed by atoms with Crippen molar-refractivity contribution in [1.29, 1.82) is 0 Å². The Labute approximate surface area is 237 Å². The van der Waals surface area contributed by atoms with Crippen LogP contribution in [0, 0.1) is 18.8 Å².